The summed E-state index contributed by atoms with van der Waals surface area (Å²) in [4.78, 5) is 33.2. The Morgan fingerprint density at radius 3 is 2.44 bits per heavy atom. The van der Waals surface area contributed by atoms with E-state index < -0.39 is 5.91 Å². The minimum absolute atomic E-state index is 0.165. The van der Waals surface area contributed by atoms with E-state index in [2.05, 4.69) is 15.3 Å². The van der Waals surface area contributed by atoms with Gasteiger partial charge in [-0.15, -0.1) is 0 Å². The van der Waals surface area contributed by atoms with E-state index in [1.165, 1.54) is 18.5 Å². The van der Waals surface area contributed by atoms with Crippen LogP contribution in [-0.2, 0) is 0 Å². The summed E-state index contributed by atoms with van der Waals surface area (Å²) in [5.74, 6) is -0.676. The molecule has 3 rings (SSSR count). The lowest BCUT2D eigenvalue weighted by Crippen LogP contribution is -2.17. The number of benzene rings is 2. The van der Waals surface area contributed by atoms with Crippen molar-refractivity contribution >= 4 is 29.0 Å². The van der Waals surface area contributed by atoms with Crippen LogP contribution in [-0.4, -0.2) is 21.7 Å². The van der Waals surface area contributed by atoms with Gasteiger partial charge < -0.3 is 5.32 Å². The van der Waals surface area contributed by atoms with Gasteiger partial charge in [0.15, 0.2) is 5.78 Å². The van der Waals surface area contributed by atoms with E-state index in [0.717, 1.165) is 0 Å². The summed E-state index contributed by atoms with van der Waals surface area (Å²) in [7, 11) is 0. The van der Waals surface area contributed by atoms with Crippen molar-refractivity contribution in [2.24, 2.45) is 0 Å². The molecule has 0 saturated heterocycles. The van der Waals surface area contributed by atoms with Crippen molar-refractivity contribution in [3.8, 4) is 0 Å². The molecule has 0 saturated carbocycles. The molecule has 3 aromatic rings. The maximum atomic E-state index is 12.7. The molecule has 0 unspecified atom stereocenters. The normalized spacial score (nSPS) is 10.3. The maximum absolute atomic E-state index is 12.7. The van der Waals surface area contributed by atoms with Crippen LogP contribution in [0.5, 0.6) is 0 Å². The van der Waals surface area contributed by atoms with Crippen LogP contribution in [0.1, 0.15) is 32.1 Å². The van der Waals surface area contributed by atoms with E-state index >= 15 is 0 Å². The molecule has 0 spiro atoms. The third kappa shape index (κ3) is 3.89. The number of aromatic nitrogens is 2. The molecule has 0 atom stereocenters. The van der Waals surface area contributed by atoms with E-state index in [0.29, 0.717) is 27.5 Å². The SMILES string of the molecule is Cc1cnc(C(=O)Nc2ccc(Cl)cc2C(=O)c2ccccc2)cn1. The van der Waals surface area contributed by atoms with Gasteiger partial charge in [-0.3, -0.25) is 14.6 Å². The predicted molar refractivity (Wildman–Crippen MR) is 96.0 cm³/mol. The highest BCUT2D eigenvalue weighted by atomic mass is 35.5. The summed E-state index contributed by atoms with van der Waals surface area (Å²) in [5, 5.41) is 3.11. The number of nitrogens with one attached hydrogen (secondary N) is 1. The van der Waals surface area contributed by atoms with Crippen molar-refractivity contribution in [3.05, 3.63) is 88.5 Å². The summed E-state index contributed by atoms with van der Waals surface area (Å²) >= 11 is 6.03. The number of carbonyl (C=O) groups excluding carboxylic acids is 2. The lowest BCUT2D eigenvalue weighted by Gasteiger charge is -2.11. The molecule has 0 radical (unpaired) electrons. The third-order valence-electron chi connectivity index (χ3n) is 3.52. The molecule has 1 amide bonds. The first-order valence-corrected chi connectivity index (χ1v) is 7.91. The Labute approximate surface area is 149 Å². The van der Waals surface area contributed by atoms with Crippen molar-refractivity contribution in [3.63, 3.8) is 0 Å². The van der Waals surface area contributed by atoms with E-state index in [-0.39, 0.29) is 11.5 Å². The van der Waals surface area contributed by atoms with Crippen LogP contribution >= 0.6 is 11.6 Å². The molecule has 0 bridgehead atoms. The van der Waals surface area contributed by atoms with E-state index in [4.69, 9.17) is 11.6 Å². The topological polar surface area (TPSA) is 72.0 Å². The highest BCUT2D eigenvalue weighted by Gasteiger charge is 2.17. The summed E-state index contributed by atoms with van der Waals surface area (Å²) in [5.41, 5.74) is 2.06. The smallest absolute Gasteiger partial charge is 0.275 e. The van der Waals surface area contributed by atoms with Gasteiger partial charge in [0.1, 0.15) is 5.69 Å². The lowest BCUT2D eigenvalue weighted by molar-refractivity contribution is 0.102. The summed E-state index contributed by atoms with van der Waals surface area (Å²) in [6, 6.07) is 13.5. The summed E-state index contributed by atoms with van der Waals surface area (Å²) < 4.78 is 0. The number of hydrogen-bond donors (Lipinski definition) is 1. The van der Waals surface area contributed by atoms with Crippen molar-refractivity contribution in [2.45, 2.75) is 6.92 Å². The average molecular weight is 352 g/mol. The van der Waals surface area contributed by atoms with Crippen LogP contribution in [0, 0.1) is 6.92 Å². The van der Waals surface area contributed by atoms with Crippen LogP contribution in [0.4, 0.5) is 5.69 Å². The van der Waals surface area contributed by atoms with E-state index in [9.17, 15) is 9.59 Å². The second kappa shape index (κ2) is 7.23. The molecule has 0 aliphatic rings. The van der Waals surface area contributed by atoms with Gasteiger partial charge in [0.2, 0.25) is 0 Å². The number of aryl methyl sites for hydroxylation is 1. The fraction of sp³-hybridized carbons (Fsp3) is 0.0526. The first kappa shape index (κ1) is 16.8. The molecule has 25 heavy (non-hydrogen) atoms. The first-order chi connectivity index (χ1) is 12.0. The molecule has 5 nitrogen and oxygen atoms in total. The molecule has 124 valence electrons. The van der Waals surface area contributed by atoms with Crippen LogP contribution in [0.2, 0.25) is 5.02 Å². The Morgan fingerprint density at radius 1 is 1.00 bits per heavy atom. The monoisotopic (exact) mass is 351 g/mol. The van der Waals surface area contributed by atoms with Crippen LogP contribution in [0.15, 0.2) is 60.9 Å². The van der Waals surface area contributed by atoms with Crippen LogP contribution in [0.25, 0.3) is 0 Å². The fourth-order valence-electron chi connectivity index (χ4n) is 2.25. The van der Waals surface area contributed by atoms with Gasteiger partial charge in [-0.2, -0.15) is 0 Å². The second-order valence-corrected chi connectivity index (χ2v) is 5.82. The van der Waals surface area contributed by atoms with Crippen LogP contribution < -0.4 is 5.32 Å². The van der Waals surface area contributed by atoms with E-state index in [1.54, 1.807) is 43.3 Å². The van der Waals surface area contributed by atoms with Gasteiger partial charge >= 0.3 is 0 Å². The molecular formula is C19H14ClN3O2. The van der Waals surface area contributed by atoms with Crippen LogP contribution in [0.3, 0.4) is 0 Å². The lowest BCUT2D eigenvalue weighted by atomic mass is 10.0. The van der Waals surface area contributed by atoms with Gasteiger partial charge in [-0.1, -0.05) is 41.9 Å². The number of amides is 1. The number of hydrogen-bond acceptors (Lipinski definition) is 4. The molecular weight excluding hydrogens is 338 g/mol. The largest absolute Gasteiger partial charge is 0.320 e. The van der Waals surface area contributed by atoms with Crippen molar-refractivity contribution in [1.29, 1.82) is 0 Å². The van der Waals surface area contributed by atoms with E-state index in [1.807, 2.05) is 6.07 Å². The zero-order valence-corrected chi connectivity index (χ0v) is 14.1. The number of anilines is 1. The van der Waals surface area contributed by atoms with Gasteiger partial charge in [-0.25, -0.2) is 4.98 Å². The average Bonchev–Trinajstić information content (AvgIpc) is 2.64. The minimum atomic E-state index is -0.447. The Balaban J connectivity index is 1.93. The highest BCUT2D eigenvalue weighted by Crippen LogP contribution is 2.24. The van der Waals surface area contributed by atoms with Gasteiger partial charge in [0.25, 0.3) is 5.91 Å². The number of ketones is 1. The maximum Gasteiger partial charge on any atom is 0.275 e. The summed E-state index contributed by atoms with van der Waals surface area (Å²) in [6.45, 7) is 1.78. The third-order valence-corrected chi connectivity index (χ3v) is 3.76. The molecule has 1 N–H and O–H groups in total. The molecule has 2 aromatic carbocycles. The molecule has 6 heteroatoms. The zero-order valence-electron chi connectivity index (χ0n) is 13.4. The number of rotatable bonds is 4. The fourth-order valence-corrected chi connectivity index (χ4v) is 2.43. The molecule has 0 aliphatic heterocycles. The second-order valence-electron chi connectivity index (χ2n) is 5.38. The van der Waals surface area contributed by atoms with Crippen molar-refractivity contribution in [2.75, 3.05) is 5.32 Å². The Bertz CT molecular complexity index is 925. The number of carbonyl (C=O) groups is 2. The quantitative estimate of drug-likeness (QED) is 0.723. The minimum Gasteiger partial charge on any atom is -0.320 e. The molecule has 1 aromatic heterocycles. The van der Waals surface area contributed by atoms with Gasteiger partial charge in [-0.05, 0) is 25.1 Å². The zero-order chi connectivity index (χ0) is 17.8. The number of nitrogens with zero attached hydrogens (tertiary/aromatic N) is 2. The predicted octanol–water partition coefficient (Wildman–Crippen LogP) is 3.92. The highest BCUT2D eigenvalue weighted by molar-refractivity contribution is 6.31. The Kier molecular flexibility index (Phi) is 4.86. The number of halogens is 1. The standard InChI is InChI=1S/C19H14ClN3O2/c1-12-10-22-17(11-21-12)19(25)23-16-8-7-14(20)9-15(16)18(24)13-5-3-2-4-6-13/h2-11H,1H3,(H,23,25). The molecule has 0 aliphatic carbocycles. The summed E-state index contributed by atoms with van der Waals surface area (Å²) in [6.07, 6.45) is 2.89. The first-order valence-electron chi connectivity index (χ1n) is 7.54. The Hall–Kier alpha value is -3.05. The van der Waals surface area contributed by atoms with Crippen molar-refractivity contribution < 1.29 is 9.59 Å². The molecule has 0 fully saturated rings. The van der Waals surface area contributed by atoms with Crippen molar-refractivity contribution in [1.82, 2.24) is 9.97 Å². The Morgan fingerprint density at radius 2 is 1.76 bits per heavy atom. The van der Waals surface area contributed by atoms with Gasteiger partial charge in [0, 0.05) is 22.3 Å². The van der Waals surface area contributed by atoms with Gasteiger partial charge in [0.05, 0.1) is 17.6 Å². The molecule has 1 heterocycles.